The van der Waals surface area contributed by atoms with Crippen molar-refractivity contribution >= 4 is 0 Å². The summed E-state index contributed by atoms with van der Waals surface area (Å²) in [5.74, 6) is 0.580. The summed E-state index contributed by atoms with van der Waals surface area (Å²) >= 11 is 0. The first-order chi connectivity index (χ1) is 7.34. The highest BCUT2D eigenvalue weighted by molar-refractivity contribution is 5.37. The van der Waals surface area contributed by atoms with Gasteiger partial charge in [0.2, 0.25) is 0 Å². The van der Waals surface area contributed by atoms with E-state index in [1.165, 1.54) is 5.56 Å². The summed E-state index contributed by atoms with van der Waals surface area (Å²) in [5, 5.41) is 4.18. The first-order valence-electron chi connectivity index (χ1n) is 5.20. The molecule has 1 saturated carbocycles. The first-order valence-corrected chi connectivity index (χ1v) is 5.20. The number of benzene rings is 1. The Morgan fingerprint density at radius 2 is 2.00 bits per heavy atom. The molecule has 0 spiro atoms. The molecule has 1 aliphatic rings. The molecule has 1 heterocycles. The van der Waals surface area contributed by atoms with Gasteiger partial charge in [0.25, 0.3) is 0 Å². The second kappa shape index (κ2) is 3.21. The average Bonchev–Trinajstić information content (AvgIpc) is 2.82. The highest BCUT2D eigenvalue weighted by Gasteiger charge is 2.34. The van der Waals surface area contributed by atoms with Gasteiger partial charge < -0.3 is 5.73 Å². The minimum Gasteiger partial charge on any atom is -0.327 e. The molecule has 76 valence electrons. The third kappa shape index (κ3) is 1.55. The van der Waals surface area contributed by atoms with Crippen molar-refractivity contribution in [3.05, 3.63) is 48.3 Å². The summed E-state index contributed by atoms with van der Waals surface area (Å²) in [5.41, 5.74) is 8.25. The molecule has 0 bridgehead atoms. The molecule has 1 fully saturated rings. The van der Waals surface area contributed by atoms with Crippen molar-refractivity contribution in [2.45, 2.75) is 18.4 Å². The Balaban J connectivity index is 1.88. The van der Waals surface area contributed by atoms with Gasteiger partial charge in [-0.3, -0.25) is 0 Å². The standard InChI is InChI=1S/C12H13N3/c13-12-8-11(12)9-2-4-10(5-3-9)15-7-1-6-14-15/h1-7,11-12H,8,13H2. The summed E-state index contributed by atoms with van der Waals surface area (Å²) in [7, 11) is 0. The van der Waals surface area contributed by atoms with Crippen LogP contribution in [0.5, 0.6) is 0 Å². The van der Waals surface area contributed by atoms with Crippen molar-refractivity contribution in [1.82, 2.24) is 9.78 Å². The quantitative estimate of drug-likeness (QED) is 0.799. The van der Waals surface area contributed by atoms with E-state index in [0.29, 0.717) is 12.0 Å². The van der Waals surface area contributed by atoms with Gasteiger partial charge in [-0.1, -0.05) is 12.1 Å². The minimum absolute atomic E-state index is 0.376. The minimum atomic E-state index is 0.376. The zero-order valence-corrected chi connectivity index (χ0v) is 8.38. The molecule has 2 unspecified atom stereocenters. The second-order valence-corrected chi connectivity index (χ2v) is 4.05. The lowest BCUT2D eigenvalue weighted by Gasteiger charge is -2.03. The number of hydrogen-bond acceptors (Lipinski definition) is 2. The predicted molar refractivity (Wildman–Crippen MR) is 58.9 cm³/mol. The van der Waals surface area contributed by atoms with Gasteiger partial charge in [0.05, 0.1) is 5.69 Å². The van der Waals surface area contributed by atoms with Crippen molar-refractivity contribution in [2.24, 2.45) is 5.73 Å². The molecule has 0 aliphatic heterocycles. The summed E-state index contributed by atoms with van der Waals surface area (Å²) in [4.78, 5) is 0. The van der Waals surface area contributed by atoms with Crippen LogP contribution in [-0.4, -0.2) is 15.8 Å². The molecule has 0 amide bonds. The van der Waals surface area contributed by atoms with Crippen molar-refractivity contribution in [2.75, 3.05) is 0 Å². The van der Waals surface area contributed by atoms with E-state index in [4.69, 9.17) is 5.73 Å². The summed E-state index contributed by atoms with van der Waals surface area (Å²) < 4.78 is 1.86. The molecule has 1 aliphatic carbocycles. The Kier molecular flexibility index (Phi) is 1.86. The van der Waals surface area contributed by atoms with Crippen LogP contribution in [0.2, 0.25) is 0 Å². The van der Waals surface area contributed by atoms with Crippen molar-refractivity contribution in [1.29, 1.82) is 0 Å². The fourth-order valence-electron chi connectivity index (χ4n) is 1.89. The van der Waals surface area contributed by atoms with Gasteiger partial charge >= 0.3 is 0 Å². The van der Waals surface area contributed by atoms with Gasteiger partial charge in [-0.15, -0.1) is 0 Å². The van der Waals surface area contributed by atoms with Gasteiger partial charge in [-0.05, 0) is 30.2 Å². The first kappa shape index (κ1) is 8.68. The van der Waals surface area contributed by atoms with E-state index in [2.05, 4.69) is 29.4 Å². The fraction of sp³-hybridized carbons (Fsp3) is 0.250. The normalized spacial score (nSPS) is 24.1. The van der Waals surface area contributed by atoms with E-state index in [1.807, 2.05) is 16.9 Å². The summed E-state index contributed by atoms with van der Waals surface area (Å²) in [6.07, 6.45) is 4.85. The number of rotatable bonds is 2. The van der Waals surface area contributed by atoms with Crippen LogP contribution in [0.3, 0.4) is 0 Å². The van der Waals surface area contributed by atoms with Gasteiger partial charge in [-0.25, -0.2) is 4.68 Å². The van der Waals surface area contributed by atoms with Crippen molar-refractivity contribution in [3.8, 4) is 5.69 Å². The van der Waals surface area contributed by atoms with E-state index in [1.54, 1.807) is 6.20 Å². The van der Waals surface area contributed by atoms with E-state index in [0.717, 1.165) is 12.1 Å². The summed E-state index contributed by atoms with van der Waals surface area (Å²) in [6.45, 7) is 0. The molecule has 2 N–H and O–H groups in total. The molecule has 15 heavy (non-hydrogen) atoms. The Hall–Kier alpha value is -1.61. The summed E-state index contributed by atoms with van der Waals surface area (Å²) in [6, 6.07) is 10.8. The molecular weight excluding hydrogens is 186 g/mol. The smallest absolute Gasteiger partial charge is 0.0645 e. The van der Waals surface area contributed by atoms with E-state index < -0.39 is 0 Å². The Bertz CT molecular complexity index is 444. The SMILES string of the molecule is NC1CC1c1ccc(-n2cccn2)cc1. The van der Waals surface area contributed by atoms with Gasteiger partial charge in [-0.2, -0.15) is 5.10 Å². The molecule has 1 aromatic heterocycles. The third-order valence-corrected chi connectivity index (χ3v) is 2.93. The predicted octanol–water partition coefficient (Wildman–Crippen LogP) is 1.69. The Morgan fingerprint density at radius 1 is 1.27 bits per heavy atom. The second-order valence-electron chi connectivity index (χ2n) is 4.05. The zero-order chi connectivity index (χ0) is 10.3. The molecule has 0 saturated heterocycles. The molecule has 2 aromatic rings. The molecular formula is C12H13N3. The van der Waals surface area contributed by atoms with Crippen LogP contribution in [0.15, 0.2) is 42.7 Å². The van der Waals surface area contributed by atoms with Gasteiger partial charge in [0.15, 0.2) is 0 Å². The van der Waals surface area contributed by atoms with Crippen molar-refractivity contribution in [3.63, 3.8) is 0 Å². The number of aromatic nitrogens is 2. The van der Waals surface area contributed by atoms with Crippen LogP contribution in [0.1, 0.15) is 17.9 Å². The van der Waals surface area contributed by atoms with E-state index in [9.17, 15) is 0 Å². The maximum atomic E-state index is 5.81. The van der Waals surface area contributed by atoms with Gasteiger partial charge in [0, 0.05) is 24.4 Å². The van der Waals surface area contributed by atoms with Crippen LogP contribution < -0.4 is 5.73 Å². The molecule has 2 atom stereocenters. The molecule has 3 rings (SSSR count). The third-order valence-electron chi connectivity index (χ3n) is 2.93. The lowest BCUT2D eigenvalue weighted by Crippen LogP contribution is -2.01. The van der Waals surface area contributed by atoms with Crippen LogP contribution in [0, 0.1) is 0 Å². The maximum Gasteiger partial charge on any atom is 0.0645 e. The number of hydrogen-bond donors (Lipinski definition) is 1. The fourth-order valence-corrected chi connectivity index (χ4v) is 1.89. The zero-order valence-electron chi connectivity index (χ0n) is 8.38. The van der Waals surface area contributed by atoms with Crippen LogP contribution in [-0.2, 0) is 0 Å². The molecule has 3 nitrogen and oxygen atoms in total. The molecule has 0 radical (unpaired) electrons. The molecule has 3 heteroatoms. The van der Waals surface area contributed by atoms with Crippen LogP contribution in [0.4, 0.5) is 0 Å². The Morgan fingerprint density at radius 3 is 2.53 bits per heavy atom. The largest absolute Gasteiger partial charge is 0.327 e. The van der Waals surface area contributed by atoms with Gasteiger partial charge in [0.1, 0.15) is 0 Å². The maximum absolute atomic E-state index is 5.81. The monoisotopic (exact) mass is 199 g/mol. The lowest BCUT2D eigenvalue weighted by atomic mass is 10.1. The molecule has 1 aromatic carbocycles. The average molecular weight is 199 g/mol. The number of nitrogens with two attached hydrogens (primary N) is 1. The highest BCUT2D eigenvalue weighted by Crippen LogP contribution is 2.38. The van der Waals surface area contributed by atoms with Crippen LogP contribution in [0.25, 0.3) is 5.69 Å². The highest BCUT2D eigenvalue weighted by atomic mass is 15.3. The topological polar surface area (TPSA) is 43.8 Å². The number of nitrogens with zero attached hydrogens (tertiary/aromatic N) is 2. The van der Waals surface area contributed by atoms with Crippen molar-refractivity contribution < 1.29 is 0 Å². The lowest BCUT2D eigenvalue weighted by molar-refractivity contribution is 0.878. The Labute approximate surface area is 88.5 Å². The van der Waals surface area contributed by atoms with Crippen LogP contribution >= 0.6 is 0 Å². The van der Waals surface area contributed by atoms with E-state index >= 15 is 0 Å². The van der Waals surface area contributed by atoms with E-state index in [-0.39, 0.29) is 0 Å².